The molecule has 1 aliphatic heterocycles. The van der Waals surface area contributed by atoms with Crippen molar-refractivity contribution in [3.05, 3.63) is 24.3 Å². The fraction of sp³-hybridized carbons (Fsp3) is 0.562. The quantitative estimate of drug-likeness (QED) is 0.818. The molecule has 1 aliphatic rings. The second kappa shape index (κ2) is 7.70. The van der Waals surface area contributed by atoms with Crippen LogP contribution in [0.4, 0.5) is 5.69 Å². The summed E-state index contributed by atoms with van der Waals surface area (Å²) in [6, 6.07) is 8.01. The van der Waals surface area contributed by atoms with Crippen molar-refractivity contribution in [1.29, 1.82) is 0 Å². The number of piperidine rings is 1. The highest BCUT2D eigenvalue weighted by atomic mass is 32.2. The van der Waals surface area contributed by atoms with E-state index < -0.39 is 0 Å². The minimum absolute atomic E-state index is 0.134. The molecule has 0 aromatic heterocycles. The van der Waals surface area contributed by atoms with Crippen LogP contribution >= 0.6 is 11.8 Å². The van der Waals surface area contributed by atoms with Crippen LogP contribution in [0, 0.1) is 11.8 Å². The first kappa shape index (κ1) is 15.4. The normalized spacial score (nSPS) is 17.7. The number of nitrogens with one attached hydrogen (secondary N) is 2. The number of anilines is 1. The third-order valence-electron chi connectivity index (χ3n) is 4.05. The number of rotatable bonds is 5. The van der Waals surface area contributed by atoms with Crippen molar-refractivity contribution in [2.45, 2.75) is 31.1 Å². The molecule has 1 saturated heterocycles. The molecule has 110 valence electrons. The molecular weight excluding hydrogens is 268 g/mol. The molecule has 1 aromatic carbocycles. The lowest BCUT2D eigenvalue weighted by Gasteiger charge is -2.27. The van der Waals surface area contributed by atoms with Gasteiger partial charge >= 0.3 is 0 Å². The van der Waals surface area contributed by atoms with Gasteiger partial charge in [0, 0.05) is 17.0 Å². The molecule has 0 radical (unpaired) electrons. The molecule has 1 amide bonds. The van der Waals surface area contributed by atoms with Gasteiger partial charge < -0.3 is 10.6 Å². The molecule has 2 N–H and O–H groups in total. The van der Waals surface area contributed by atoms with Crippen LogP contribution in [0.1, 0.15) is 26.2 Å². The summed E-state index contributed by atoms with van der Waals surface area (Å²) < 4.78 is 0. The summed E-state index contributed by atoms with van der Waals surface area (Å²) in [5, 5.41) is 6.39. The molecule has 0 aliphatic carbocycles. The zero-order chi connectivity index (χ0) is 14.4. The largest absolute Gasteiger partial charge is 0.326 e. The van der Waals surface area contributed by atoms with Gasteiger partial charge in [0.25, 0.3) is 0 Å². The second-order valence-corrected chi connectivity index (χ2v) is 6.43. The zero-order valence-electron chi connectivity index (χ0n) is 12.3. The minimum atomic E-state index is 0.134. The van der Waals surface area contributed by atoms with Crippen LogP contribution in [-0.4, -0.2) is 25.3 Å². The van der Waals surface area contributed by atoms with Gasteiger partial charge in [0.2, 0.25) is 5.91 Å². The molecule has 20 heavy (non-hydrogen) atoms. The standard InChI is InChI=1S/C16H24N2OS/c1-12(13-6-8-17-9-7-13)10-16(19)18-14-4-3-5-15(11-14)20-2/h3-5,11-13,17H,6-10H2,1-2H3,(H,18,19). The zero-order valence-corrected chi connectivity index (χ0v) is 13.1. The second-order valence-electron chi connectivity index (χ2n) is 5.55. The SMILES string of the molecule is CSc1cccc(NC(=O)CC(C)C2CCNCC2)c1. The Morgan fingerprint density at radius 1 is 1.45 bits per heavy atom. The van der Waals surface area contributed by atoms with E-state index in [4.69, 9.17) is 0 Å². The fourth-order valence-corrected chi connectivity index (χ4v) is 3.24. The van der Waals surface area contributed by atoms with Gasteiger partial charge in [0.1, 0.15) is 0 Å². The average Bonchev–Trinajstić information content (AvgIpc) is 2.48. The monoisotopic (exact) mass is 292 g/mol. The summed E-state index contributed by atoms with van der Waals surface area (Å²) in [4.78, 5) is 13.3. The van der Waals surface area contributed by atoms with Crippen molar-refractivity contribution in [1.82, 2.24) is 5.32 Å². The highest BCUT2D eigenvalue weighted by Gasteiger charge is 2.21. The van der Waals surface area contributed by atoms with Crippen molar-refractivity contribution in [2.75, 3.05) is 24.7 Å². The number of benzene rings is 1. The minimum Gasteiger partial charge on any atom is -0.326 e. The third kappa shape index (κ3) is 4.53. The summed E-state index contributed by atoms with van der Waals surface area (Å²) in [7, 11) is 0. The molecule has 0 spiro atoms. The lowest BCUT2D eigenvalue weighted by atomic mass is 9.84. The fourth-order valence-electron chi connectivity index (χ4n) is 2.79. The summed E-state index contributed by atoms with van der Waals surface area (Å²) in [5.41, 5.74) is 0.902. The molecule has 1 fully saturated rings. The van der Waals surface area contributed by atoms with E-state index >= 15 is 0 Å². The smallest absolute Gasteiger partial charge is 0.224 e. The van der Waals surface area contributed by atoms with Crippen LogP contribution < -0.4 is 10.6 Å². The number of carbonyl (C=O) groups is 1. The van der Waals surface area contributed by atoms with Gasteiger partial charge in [-0.15, -0.1) is 11.8 Å². The molecule has 4 heteroatoms. The Morgan fingerprint density at radius 2 is 2.20 bits per heavy atom. The number of thioether (sulfide) groups is 1. The van der Waals surface area contributed by atoms with E-state index in [0.29, 0.717) is 18.3 Å². The third-order valence-corrected chi connectivity index (χ3v) is 4.77. The van der Waals surface area contributed by atoms with Crippen LogP contribution in [0.15, 0.2) is 29.2 Å². The lowest BCUT2D eigenvalue weighted by molar-refractivity contribution is -0.117. The van der Waals surface area contributed by atoms with Gasteiger partial charge in [0.15, 0.2) is 0 Å². The molecule has 1 unspecified atom stereocenters. The number of amides is 1. The molecule has 1 aromatic rings. The Morgan fingerprint density at radius 3 is 2.90 bits per heavy atom. The van der Waals surface area contributed by atoms with Crippen LogP contribution in [0.25, 0.3) is 0 Å². The maximum absolute atomic E-state index is 12.1. The van der Waals surface area contributed by atoms with Gasteiger partial charge in [0.05, 0.1) is 0 Å². The Kier molecular flexibility index (Phi) is 5.92. The number of carbonyl (C=O) groups excluding carboxylic acids is 1. The van der Waals surface area contributed by atoms with Crippen LogP contribution in [0.2, 0.25) is 0 Å². The van der Waals surface area contributed by atoms with Crippen LogP contribution in [0.5, 0.6) is 0 Å². The Balaban J connectivity index is 1.84. The van der Waals surface area contributed by atoms with E-state index in [1.54, 1.807) is 11.8 Å². The van der Waals surface area contributed by atoms with Gasteiger partial charge in [-0.1, -0.05) is 13.0 Å². The van der Waals surface area contributed by atoms with Crippen molar-refractivity contribution < 1.29 is 4.79 Å². The maximum Gasteiger partial charge on any atom is 0.224 e. The number of hydrogen-bond acceptors (Lipinski definition) is 3. The molecule has 0 bridgehead atoms. The molecule has 1 heterocycles. The maximum atomic E-state index is 12.1. The van der Waals surface area contributed by atoms with Gasteiger partial charge in [-0.05, 0) is 62.2 Å². The first-order valence-corrected chi connectivity index (χ1v) is 8.56. The van der Waals surface area contributed by atoms with Crippen LogP contribution in [0.3, 0.4) is 0 Å². The van der Waals surface area contributed by atoms with E-state index in [1.807, 2.05) is 24.5 Å². The Labute approximate surface area is 125 Å². The molecule has 0 saturated carbocycles. The highest BCUT2D eigenvalue weighted by molar-refractivity contribution is 7.98. The summed E-state index contributed by atoms with van der Waals surface area (Å²) >= 11 is 1.69. The van der Waals surface area contributed by atoms with Crippen molar-refractivity contribution in [3.63, 3.8) is 0 Å². The van der Waals surface area contributed by atoms with E-state index in [9.17, 15) is 4.79 Å². The Bertz CT molecular complexity index is 444. The highest BCUT2D eigenvalue weighted by Crippen LogP contribution is 2.25. The molecule has 1 atom stereocenters. The van der Waals surface area contributed by atoms with Gasteiger partial charge in [-0.2, -0.15) is 0 Å². The lowest BCUT2D eigenvalue weighted by Crippen LogP contribution is -2.32. The summed E-state index contributed by atoms with van der Waals surface area (Å²) in [6.45, 7) is 4.38. The predicted octanol–water partition coefficient (Wildman–Crippen LogP) is 3.37. The Hall–Kier alpha value is -1.00. The molecule has 3 nitrogen and oxygen atoms in total. The van der Waals surface area contributed by atoms with Crippen LogP contribution in [-0.2, 0) is 4.79 Å². The van der Waals surface area contributed by atoms with E-state index in [2.05, 4.69) is 23.6 Å². The van der Waals surface area contributed by atoms with Gasteiger partial charge in [-0.3, -0.25) is 4.79 Å². The molecular formula is C16H24N2OS. The van der Waals surface area contributed by atoms with Gasteiger partial charge in [-0.25, -0.2) is 0 Å². The average molecular weight is 292 g/mol. The first-order chi connectivity index (χ1) is 9.69. The van der Waals surface area contributed by atoms with Crippen molar-refractivity contribution in [3.8, 4) is 0 Å². The van der Waals surface area contributed by atoms with Crippen molar-refractivity contribution in [2.24, 2.45) is 11.8 Å². The van der Waals surface area contributed by atoms with Crippen molar-refractivity contribution >= 4 is 23.4 Å². The predicted molar refractivity (Wildman–Crippen MR) is 86.2 cm³/mol. The summed E-state index contributed by atoms with van der Waals surface area (Å²) in [5.74, 6) is 1.27. The molecule has 2 rings (SSSR count). The van der Waals surface area contributed by atoms with E-state index in [-0.39, 0.29) is 5.91 Å². The number of hydrogen-bond donors (Lipinski definition) is 2. The first-order valence-electron chi connectivity index (χ1n) is 7.33. The van der Waals surface area contributed by atoms with E-state index in [1.165, 1.54) is 17.7 Å². The summed E-state index contributed by atoms with van der Waals surface area (Å²) in [6.07, 6.45) is 5.04. The topological polar surface area (TPSA) is 41.1 Å². The van der Waals surface area contributed by atoms with E-state index in [0.717, 1.165) is 18.8 Å².